The van der Waals surface area contributed by atoms with Crippen LogP contribution in [0.3, 0.4) is 0 Å². The van der Waals surface area contributed by atoms with Gasteiger partial charge in [-0.15, -0.1) is 0 Å². The van der Waals surface area contributed by atoms with Crippen molar-refractivity contribution in [3.05, 3.63) is 35.9 Å². The first-order valence-corrected chi connectivity index (χ1v) is 7.40. The van der Waals surface area contributed by atoms with Gasteiger partial charge in [-0.1, -0.05) is 30.3 Å². The number of hydrogen-bond acceptors (Lipinski definition) is 4. The fourth-order valence-corrected chi connectivity index (χ4v) is 3.07. The molecular weight excluding hydrogens is 266 g/mol. The van der Waals surface area contributed by atoms with Gasteiger partial charge in [-0.05, 0) is 39.0 Å². The average molecular weight is 291 g/mol. The first-order valence-electron chi connectivity index (χ1n) is 7.40. The van der Waals surface area contributed by atoms with Gasteiger partial charge in [0.15, 0.2) is 5.54 Å². The Balaban J connectivity index is 2.18. The molecule has 0 amide bonds. The lowest BCUT2D eigenvalue weighted by Gasteiger charge is -2.34. The van der Waals surface area contributed by atoms with Crippen LogP contribution in [-0.4, -0.2) is 60.6 Å². The molecule has 21 heavy (non-hydrogen) atoms. The molecule has 5 heteroatoms. The minimum absolute atomic E-state index is 0.352. The zero-order chi connectivity index (χ0) is 15.5. The predicted molar refractivity (Wildman–Crippen MR) is 83.1 cm³/mol. The molecule has 1 fully saturated rings. The number of benzene rings is 1. The Morgan fingerprint density at radius 3 is 2.67 bits per heavy atom. The van der Waals surface area contributed by atoms with E-state index < -0.39 is 11.5 Å². The third kappa shape index (κ3) is 3.61. The molecule has 1 aromatic rings. The lowest BCUT2D eigenvalue weighted by atomic mass is 9.90. The average Bonchev–Trinajstić information content (AvgIpc) is 2.85. The molecule has 2 unspecified atom stereocenters. The Morgan fingerprint density at radius 1 is 1.43 bits per heavy atom. The molecule has 1 aliphatic heterocycles. The van der Waals surface area contributed by atoms with Crippen molar-refractivity contribution >= 4 is 5.97 Å². The van der Waals surface area contributed by atoms with Crippen LogP contribution in [0.4, 0.5) is 0 Å². The predicted octanol–water partition coefficient (Wildman–Crippen LogP) is 0.951. The van der Waals surface area contributed by atoms with E-state index in [1.54, 1.807) is 12.1 Å². The fourth-order valence-electron chi connectivity index (χ4n) is 3.07. The summed E-state index contributed by atoms with van der Waals surface area (Å²) in [5.41, 5.74) is 5.59. The first kappa shape index (κ1) is 15.9. The van der Waals surface area contributed by atoms with E-state index in [-0.39, 0.29) is 0 Å². The number of nitrogens with two attached hydrogens (primary N) is 1. The second-order valence-electron chi connectivity index (χ2n) is 6.17. The van der Waals surface area contributed by atoms with Crippen molar-refractivity contribution in [3.63, 3.8) is 0 Å². The zero-order valence-corrected chi connectivity index (χ0v) is 12.8. The van der Waals surface area contributed by atoms with E-state index in [4.69, 9.17) is 5.73 Å². The minimum atomic E-state index is -1.35. The summed E-state index contributed by atoms with van der Waals surface area (Å²) in [7, 11) is 4.08. The number of hydrogen-bond donors (Lipinski definition) is 2. The van der Waals surface area contributed by atoms with Crippen molar-refractivity contribution in [1.29, 1.82) is 0 Å². The summed E-state index contributed by atoms with van der Waals surface area (Å²) in [6.45, 7) is 2.20. The van der Waals surface area contributed by atoms with Gasteiger partial charge in [-0.3, -0.25) is 4.90 Å². The highest BCUT2D eigenvalue weighted by atomic mass is 16.4. The van der Waals surface area contributed by atoms with E-state index in [0.717, 1.165) is 25.9 Å². The quantitative estimate of drug-likeness (QED) is 0.817. The Morgan fingerprint density at radius 2 is 2.10 bits per heavy atom. The fraction of sp³-hybridized carbons (Fsp3) is 0.562. The van der Waals surface area contributed by atoms with Gasteiger partial charge in [-0.2, -0.15) is 0 Å². The maximum atomic E-state index is 11.8. The molecule has 0 radical (unpaired) electrons. The van der Waals surface area contributed by atoms with E-state index in [1.165, 1.54) is 0 Å². The molecule has 2 rings (SSSR count). The molecular formula is C16H25N3O2. The third-order valence-electron chi connectivity index (χ3n) is 4.20. The highest BCUT2D eigenvalue weighted by Gasteiger charge is 2.40. The van der Waals surface area contributed by atoms with Gasteiger partial charge in [0.1, 0.15) is 0 Å². The maximum absolute atomic E-state index is 11.8. The molecule has 1 aromatic carbocycles. The number of carboxylic acid groups (broad SMARTS) is 1. The van der Waals surface area contributed by atoms with Gasteiger partial charge in [0, 0.05) is 19.1 Å². The van der Waals surface area contributed by atoms with Gasteiger partial charge in [-0.25, -0.2) is 4.79 Å². The number of carboxylic acids is 1. The minimum Gasteiger partial charge on any atom is -0.480 e. The van der Waals surface area contributed by atoms with E-state index in [0.29, 0.717) is 18.2 Å². The van der Waals surface area contributed by atoms with Crippen LogP contribution >= 0.6 is 0 Å². The highest BCUT2D eigenvalue weighted by Crippen LogP contribution is 2.25. The lowest BCUT2D eigenvalue weighted by molar-refractivity contribution is -0.144. The van der Waals surface area contributed by atoms with Crippen molar-refractivity contribution < 1.29 is 9.90 Å². The van der Waals surface area contributed by atoms with Crippen LogP contribution in [0.2, 0.25) is 0 Å². The van der Waals surface area contributed by atoms with Crippen LogP contribution < -0.4 is 5.73 Å². The van der Waals surface area contributed by atoms with Crippen LogP contribution in [0.25, 0.3) is 0 Å². The van der Waals surface area contributed by atoms with Crippen LogP contribution in [0.5, 0.6) is 0 Å². The standard InChI is InChI=1S/C16H25N3O2/c1-18(2)11-14-9-6-10-19(14)12-16(17,15(20)21)13-7-4-3-5-8-13/h3-5,7-8,14H,6,9-12,17H2,1-2H3,(H,20,21). The molecule has 116 valence electrons. The third-order valence-corrected chi connectivity index (χ3v) is 4.20. The lowest BCUT2D eigenvalue weighted by Crippen LogP contribution is -2.55. The van der Waals surface area contributed by atoms with Crippen LogP contribution in [0.1, 0.15) is 18.4 Å². The molecule has 2 atom stereocenters. The van der Waals surface area contributed by atoms with E-state index in [9.17, 15) is 9.90 Å². The number of rotatable bonds is 6. The first-order chi connectivity index (χ1) is 9.93. The smallest absolute Gasteiger partial charge is 0.329 e. The second kappa shape index (κ2) is 6.56. The van der Waals surface area contributed by atoms with Crippen molar-refractivity contribution in [2.75, 3.05) is 33.7 Å². The molecule has 1 heterocycles. The number of likely N-dealkylation sites (N-methyl/N-ethyl adjacent to an activating group) is 1. The number of nitrogens with zero attached hydrogens (tertiary/aromatic N) is 2. The summed E-state index contributed by atoms with van der Waals surface area (Å²) in [5, 5.41) is 9.65. The molecule has 0 bridgehead atoms. The highest BCUT2D eigenvalue weighted by molar-refractivity contribution is 5.80. The van der Waals surface area contributed by atoms with Crippen LogP contribution in [-0.2, 0) is 10.3 Å². The summed E-state index contributed by atoms with van der Waals surface area (Å²) in [6, 6.07) is 9.51. The van der Waals surface area contributed by atoms with Gasteiger partial charge in [0.05, 0.1) is 0 Å². The number of likely N-dealkylation sites (tertiary alicyclic amines) is 1. The topological polar surface area (TPSA) is 69.8 Å². The monoisotopic (exact) mass is 291 g/mol. The summed E-state index contributed by atoms with van der Waals surface area (Å²) in [4.78, 5) is 16.1. The largest absolute Gasteiger partial charge is 0.480 e. The normalized spacial score (nSPS) is 22.4. The number of carbonyl (C=O) groups is 1. The summed E-state index contributed by atoms with van der Waals surface area (Å²) < 4.78 is 0. The van der Waals surface area contributed by atoms with Crippen molar-refractivity contribution in [2.24, 2.45) is 5.73 Å². The van der Waals surface area contributed by atoms with Crippen molar-refractivity contribution in [2.45, 2.75) is 24.4 Å². The van der Waals surface area contributed by atoms with Crippen molar-refractivity contribution in [1.82, 2.24) is 9.80 Å². The van der Waals surface area contributed by atoms with Crippen LogP contribution in [0, 0.1) is 0 Å². The molecule has 1 aliphatic rings. The molecule has 3 N–H and O–H groups in total. The summed E-state index contributed by atoms with van der Waals surface area (Å²) in [6.07, 6.45) is 2.20. The Bertz CT molecular complexity index is 478. The molecule has 0 spiro atoms. The van der Waals surface area contributed by atoms with Gasteiger partial charge < -0.3 is 15.7 Å². The van der Waals surface area contributed by atoms with E-state index in [2.05, 4.69) is 9.80 Å². The SMILES string of the molecule is CN(C)CC1CCCN1CC(N)(C(=O)O)c1ccccc1. The Kier molecular flexibility index (Phi) is 4.98. The molecule has 1 saturated heterocycles. The Hall–Kier alpha value is -1.43. The van der Waals surface area contributed by atoms with E-state index in [1.807, 2.05) is 32.3 Å². The molecule has 0 aromatic heterocycles. The Labute approximate surface area is 126 Å². The van der Waals surface area contributed by atoms with Crippen LogP contribution in [0.15, 0.2) is 30.3 Å². The van der Waals surface area contributed by atoms with E-state index >= 15 is 0 Å². The molecule has 0 saturated carbocycles. The zero-order valence-electron chi connectivity index (χ0n) is 12.8. The van der Waals surface area contributed by atoms with Gasteiger partial charge >= 0.3 is 5.97 Å². The van der Waals surface area contributed by atoms with Gasteiger partial charge in [0.2, 0.25) is 0 Å². The summed E-state index contributed by atoms with van der Waals surface area (Å²) in [5.74, 6) is -0.968. The molecule has 5 nitrogen and oxygen atoms in total. The maximum Gasteiger partial charge on any atom is 0.329 e. The summed E-state index contributed by atoms with van der Waals surface area (Å²) >= 11 is 0. The van der Waals surface area contributed by atoms with Gasteiger partial charge in [0.25, 0.3) is 0 Å². The number of aliphatic carboxylic acids is 1. The second-order valence-corrected chi connectivity index (χ2v) is 6.17. The van der Waals surface area contributed by atoms with Crippen molar-refractivity contribution in [3.8, 4) is 0 Å². The molecule has 0 aliphatic carbocycles.